The summed E-state index contributed by atoms with van der Waals surface area (Å²) in [4.78, 5) is 14.0. The van der Waals surface area contributed by atoms with Gasteiger partial charge in [-0.25, -0.2) is 0 Å². The quantitative estimate of drug-likeness (QED) is 0.733. The van der Waals surface area contributed by atoms with E-state index >= 15 is 0 Å². The summed E-state index contributed by atoms with van der Waals surface area (Å²) in [5, 5.41) is 0. The van der Waals surface area contributed by atoms with E-state index in [-0.39, 0.29) is 5.91 Å². The van der Waals surface area contributed by atoms with Gasteiger partial charge in [0.2, 0.25) is 5.91 Å². The molecule has 0 aromatic carbocycles. The van der Waals surface area contributed by atoms with Crippen LogP contribution in [0.3, 0.4) is 0 Å². The number of nitrogens with two attached hydrogens (primary N) is 1. The van der Waals surface area contributed by atoms with Gasteiger partial charge >= 0.3 is 0 Å². The monoisotopic (exact) mass is 200 g/mol. The van der Waals surface area contributed by atoms with Crippen LogP contribution >= 0.6 is 0 Å². The number of nitrogens with zero attached hydrogens (tertiary/aromatic N) is 1. The molecular weight excluding hydrogens is 176 g/mol. The lowest BCUT2D eigenvalue weighted by Crippen LogP contribution is -2.48. The van der Waals surface area contributed by atoms with Crippen molar-refractivity contribution in [1.82, 2.24) is 4.90 Å². The summed E-state index contributed by atoms with van der Waals surface area (Å²) in [5.41, 5.74) is 5.16. The van der Waals surface area contributed by atoms with Crippen molar-refractivity contribution in [2.24, 2.45) is 11.1 Å². The van der Waals surface area contributed by atoms with E-state index < -0.39 is 5.41 Å². The molecule has 0 fully saturated rings. The third-order valence-corrected chi connectivity index (χ3v) is 2.81. The molecule has 0 bridgehead atoms. The summed E-state index contributed by atoms with van der Waals surface area (Å²) in [6.45, 7) is 11.2. The summed E-state index contributed by atoms with van der Waals surface area (Å²) < 4.78 is 0. The Morgan fingerprint density at radius 3 is 2.21 bits per heavy atom. The number of carbonyl (C=O) groups excluding carboxylic acids is 1. The van der Waals surface area contributed by atoms with E-state index in [4.69, 9.17) is 5.73 Å². The van der Waals surface area contributed by atoms with Gasteiger partial charge in [0, 0.05) is 19.1 Å². The minimum atomic E-state index is -0.431. The van der Waals surface area contributed by atoms with Gasteiger partial charge in [0.15, 0.2) is 0 Å². The van der Waals surface area contributed by atoms with Crippen molar-refractivity contribution < 1.29 is 4.79 Å². The molecule has 0 aromatic rings. The van der Waals surface area contributed by atoms with Crippen molar-refractivity contribution in [3.63, 3.8) is 0 Å². The first-order valence-corrected chi connectivity index (χ1v) is 5.41. The second-order valence-corrected chi connectivity index (χ2v) is 4.44. The van der Waals surface area contributed by atoms with Crippen molar-refractivity contribution in [3.8, 4) is 0 Å². The van der Waals surface area contributed by atoms with Crippen LogP contribution in [0.5, 0.6) is 0 Å². The zero-order valence-corrected chi connectivity index (χ0v) is 10.1. The maximum Gasteiger partial charge on any atom is 0.229 e. The Morgan fingerprint density at radius 2 is 1.93 bits per heavy atom. The molecule has 3 heteroatoms. The third kappa shape index (κ3) is 2.98. The van der Waals surface area contributed by atoms with Gasteiger partial charge < -0.3 is 10.6 Å². The standard InChI is InChI=1S/C11H24N2O/c1-6-9(3)13(7-2)10(14)11(4,5)8-12/h9H,6-8,12H2,1-5H3. The van der Waals surface area contributed by atoms with Crippen molar-refractivity contribution in [1.29, 1.82) is 0 Å². The lowest BCUT2D eigenvalue weighted by Gasteiger charge is -2.34. The average molecular weight is 200 g/mol. The largest absolute Gasteiger partial charge is 0.340 e. The summed E-state index contributed by atoms with van der Waals surface area (Å²) in [7, 11) is 0. The number of amides is 1. The normalized spacial score (nSPS) is 13.9. The Balaban J connectivity index is 4.62. The fourth-order valence-corrected chi connectivity index (χ4v) is 1.35. The Bertz CT molecular complexity index is 190. The minimum Gasteiger partial charge on any atom is -0.340 e. The average Bonchev–Trinajstić information content (AvgIpc) is 2.18. The lowest BCUT2D eigenvalue weighted by atomic mass is 9.91. The molecule has 0 rings (SSSR count). The number of hydrogen-bond donors (Lipinski definition) is 1. The third-order valence-electron chi connectivity index (χ3n) is 2.81. The highest BCUT2D eigenvalue weighted by molar-refractivity contribution is 5.82. The molecule has 2 N–H and O–H groups in total. The zero-order chi connectivity index (χ0) is 11.4. The lowest BCUT2D eigenvalue weighted by molar-refractivity contribution is -0.141. The molecule has 0 heterocycles. The van der Waals surface area contributed by atoms with Gasteiger partial charge in [-0.1, -0.05) is 6.92 Å². The molecule has 1 atom stereocenters. The molecule has 0 aromatic heterocycles. The highest BCUT2D eigenvalue weighted by atomic mass is 16.2. The number of hydrogen-bond acceptors (Lipinski definition) is 2. The molecule has 1 unspecified atom stereocenters. The van der Waals surface area contributed by atoms with Crippen LogP contribution in [-0.2, 0) is 4.79 Å². The Morgan fingerprint density at radius 1 is 1.43 bits per heavy atom. The summed E-state index contributed by atoms with van der Waals surface area (Å²) in [6.07, 6.45) is 0.986. The van der Waals surface area contributed by atoms with Crippen LogP contribution in [0, 0.1) is 5.41 Å². The maximum atomic E-state index is 12.1. The molecule has 84 valence electrons. The van der Waals surface area contributed by atoms with Crippen LogP contribution in [0.15, 0.2) is 0 Å². The zero-order valence-electron chi connectivity index (χ0n) is 10.1. The van der Waals surface area contributed by atoms with Gasteiger partial charge in [-0.3, -0.25) is 4.79 Å². The molecule has 0 aliphatic heterocycles. The molecule has 0 aliphatic rings. The molecule has 0 spiro atoms. The van der Waals surface area contributed by atoms with Crippen LogP contribution in [0.1, 0.15) is 41.0 Å². The molecule has 0 saturated heterocycles. The fourth-order valence-electron chi connectivity index (χ4n) is 1.35. The summed E-state index contributed by atoms with van der Waals surface area (Å²) >= 11 is 0. The Labute approximate surface area is 87.6 Å². The van der Waals surface area contributed by atoms with Crippen LogP contribution < -0.4 is 5.73 Å². The van der Waals surface area contributed by atoms with E-state index in [0.29, 0.717) is 12.6 Å². The Kier molecular flexibility index (Phi) is 5.13. The molecule has 0 radical (unpaired) electrons. The molecular formula is C11H24N2O. The highest BCUT2D eigenvalue weighted by Gasteiger charge is 2.31. The van der Waals surface area contributed by atoms with Crippen molar-refractivity contribution in [2.75, 3.05) is 13.1 Å². The van der Waals surface area contributed by atoms with Crippen molar-refractivity contribution in [2.45, 2.75) is 47.1 Å². The first-order chi connectivity index (χ1) is 6.40. The topological polar surface area (TPSA) is 46.3 Å². The van der Waals surface area contributed by atoms with E-state index in [1.807, 2.05) is 25.7 Å². The molecule has 0 aliphatic carbocycles. The summed E-state index contributed by atoms with van der Waals surface area (Å²) in [5.74, 6) is 0.164. The van der Waals surface area contributed by atoms with Gasteiger partial charge in [0.1, 0.15) is 0 Å². The first kappa shape index (κ1) is 13.4. The fraction of sp³-hybridized carbons (Fsp3) is 0.909. The van der Waals surface area contributed by atoms with Gasteiger partial charge in [-0.2, -0.15) is 0 Å². The van der Waals surface area contributed by atoms with Crippen molar-refractivity contribution >= 4 is 5.91 Å². The smallest absolute Gasteiger partial charge is 0.229 e. The molecule has 0 saturated carbocycles. The van der Waals surface area contributed by atoms with Crippen LogP contribution in [0.25, 0.3) is 0 Å². The van der Waals surface area contributed by atoms with E-state index in [1.165, 1.54) is 0 Å². The second-order valence-electron chi connectivity index (χ2n) is 4.44. The predicted molar refractivity (Wildman–Crippen MR) is 60.0 cm³/mol. The van der Waals surface area contributed by atoms with Gasteiger partial charge in [-0.05, 0) is 34.1 Å². The predicted octanol–water partition coefficient (Wildman–Crippen LogP) is 1.62. The van der Waals surface area contributed by atoms with E-state index in [2.05, 4.69) is 13.8 Å². The van der Waals surface area contributed by atoms with Crippen molar-refractivity contribution in [3.05, 3.63) is 0 Å². The van der Waals surface area contributed by atoms with Gasteiger partial charge in [0.05, 0.1) is 5.41 Å². The van der Waals surface area contributed by atoms with E-state index in [0.717, 1.165) is 13.0 Å². The van der Waals surface area contributed by atoms with E-state index in [9.17, 15) is 4.79 Å². The van der Waals surface area contributed by atoms with Crippen LogP contribution in [0.2, 0.25) is 0 Å². The molecule has 14 heavy (non-hydrogen) atoms. The van der Waals surface area contributed by atoms with E-state index in [1.54, 1.807) is 0 Å². The van der Waals surface area contributed by atoms with Crippen LogP contribution in [-0.4, -0.2) is 29.9 Å². The summed E-state index contributed by atoms with van der Waals surface area (Å²) in [6, 6.07) is 0.304. The molecule has 1 amide bonds. The van der Waals surface area contributed by atoms with Gasteiger partial charge in [-0.15, -0.1) is 0 Å². The minimum absolute atomic E-state index is 0.164. The molecule has 3 nitrogen and oxygen atoms in total. The number of carbonyl (C=O) groups is 1. The Hall–Kier alpha value is -0.570. The highest BCUT2D eigenvalue weighted by Crippen LogP contribution is 2.19. The maximum absolute atomic E-state index is 12.1. The second kappa shape index (κ2) is 5.35. The van der Waals surface area contributed by atoms with Crippen LogP contribution in [0.4, 0.5) is 0 Å². The first-order valence-electron chi connectivity index (χ1n) is 5.41. The SMILES string of the molecule is CCC(C)N(CC)C(=O)C(C)(C)CN. The van der Waals surface area contributed by atoms with Gasteiger partial charge in [0.25, 0.3) is 0 Å². The number of rotatable bonds is 5.